The maximum absolute atomic E-state index is 12.4. The number of methoxy groups -OCH3 is 1. The van der Waals surface area contributed by atoms with E-state index in [4.69, 9.17) is 32.9 Å². The highest BCUT2D eigenvalue weighted by molar-refractivity contribution is 6.35. The Labute approximate surface area is 204 Å². The molecule has 2 unspecified atom stereocenters. The van der Waals surface area contributed by atoms with E-state index in [0.717, 1.165) is 50.9 Å². The molecule has 0 spiro atoms. The number of carbonyl (C=O) groups is 1. The van der Waals surface area contributed by atoms with Gasteiger partial charge >= 0.3 is 0 Å². The number of nitrogens with one attached hydrogen (secondary N) is 3. The molecule has 2 aliphatic heterocycles. The third-order valence-electron chi connectivity index (χ3n) is 6.25. The number of carbonyl (C=O) groups excluding carboxylic acids is 1. The van der Waals surface area contributed by atoms with Gasteiger partial charge in [0, 0.05) is 29.2 Å². The quantitative estimate of drug-likeness (QED) is 0.541. The first-order valence-electron chi connectivity index (χ1n) is 11.4. The highest BCUT2D eigenvalue weighted by Crippen LogP contribution is 2.32. The first kappa shape index (κ1) is 23.9. The van der Waals surface area contributed by atoms with E-state index in [1.807, 2.05) is 19.1 Å². The van der Waals surface area contributed by atoms with E-state index in [2.05, 4.69) is 25.8 Å². The molecular formula is C23H30Cl2N6O2. The average Bonchev–Trinajstić information content (AvgIpc) is 3.35. The molecule has 10 heteroatoms. The van der Waals surface area contributed by atoms with Gasteiger partial charge in [-0.15, -0.1) is 0 Å². The molecular weight excluding hydrogens is 463 g/mol. The molecule has 2 aromatic rings. The van der Waals surface area contributed by atoms with Crippen LogP contribution in [0.5, 0.6) is 5.75 Å². The fraction of sp³-hybridized carbons (Fsp3) is 0.522. The molecule has 0 aliphatic carbocycles. The number of hydrogen-bond donors (Lipinski definition) is 3. The van der Waals surface area contributed by atoms with E-state index >= 15 is 0 Å². The van der Waals surface area contributed by atoms with Gasteiger partial charge in [-0.3, -0.25) is 4.79 Å². The number of nitrogens with zero attached hydrogens (tertiary/aromatic N) is 3. The third kappa shape index (κ3) is 5.80. The standard InChI is InChI=1S/C23H30Cl2N6O2/c1-14(17-6-5-15(24)12-18(17)25)28-21-20(33-2)13-27-23(30-21)31-10-7-16(8-11-31)29-22(32)19-4-3-9-26-19/h5-6,12-14,16,19,26H,3-4,7-11H2,1-2H3,(H,29,32)(H,27,28,30). The molecule has 0 bridgehead atoms. The predicted octanol–water partition coefficient (Wildman–Crippen LogP) is 3.80. The SMILES string of the molecule is COc1cnc(N2CCC(NC(=O)C3CCCN3)CC2)nc1NC(C)c1ccc(Cl)cc1Cl. The highest BCUT2D eigenvalue weighted by Gasteiger charge is 2.27. The Bertz CT molecular complexity index is 977. The number of amides is 1. The second kappa shape index (κ2) is 10.8. The molecule has 2 atom stereocenters. The van der Waals surface area contributed by atoms with Gasteiger partial charge in [0.1, 0.15) is 0 Å². The summed E-state index contributed by atoms with van der Waals surface area (Å²) in [4.78, 5) is 23.8. The second-order valence-corrected chi connectivity index (χ2v) is 9.38. The monoisotopic (exact) mass is 492 g/mol. The van der Waals surface area contributed by atoms with Crippen LogP contribution in [0.4, 0.5) is 11.8 Å². The second-order valence-electron chi connectivity index (χ2n) is 8.54. The summed E-state index contributed by atoms with van der Waals surface area (Å²) in [5, 5.41) is 11.0. The summed E-state index contributed by atoms with van der Waals surface area (Å²) in [6, 6.07) is 5.46. The molecule has 1 aromatic heterocycles. The lowest BCUT2D eigenvalue weighted by Crippen LogP contribution is -2.49. The van der Waals surface area contributed by atoms with Gasteiger partial charge in [0.15, 0.2) is 11.6 Å². The van der Waals surface area contributed by atoms with Crippen LogP contribution in [0.1, 0.15) is 44.2 Å². The Balaban J connectivity index is 1.40. The van der Waals surface area contributed by atoms with Crippen molar-refractivity contribution in [3.05, 3.63) is 40.0 Å². The fourth-order valence-corrected chi connectivity index (χ4v) is 4.91. The molecule has 1 amide bonds. The number of halogens is 2. The van der Waals surface area contributed by atoms with Crippen LogP contribution < -0.4 is 25.6 Å². The van der Waals surface area contributed by atoms with Crippen LogP contribution in [0, 0.1) is 0 Å². The molecule has 4 rings (SSSR count). The largest absolute Gasteiger partial charge is 0.491 e. The minimum atomic E-state index is -0.114. The summed E-state index contributed by atoms with van der Waals surface area (Å²) in [7, 11) is 1.59. The summed E-state index contributed by atoms with van der Waals surface area (Å²) in [5.74, 6) is 1.91. The van der Waals surface area contributed by atoms with E-state index in [9.17, 15) is 4.79 Å². The highest BCUT2D eigenvalue weighted by atomic mass is 35.5. The maximum Gasteiger partial charge on any atom is 0.237 e. The van der Waals surface area contributed by atoms with Crippen molar-refractivity contribution in [2.24, 2.45) is 0 Å². The Hall–Kier alpha value is -2.29. The lowest BCUT2D eigenvalue weighted by molar-refractivity contribution is -0.123. The molecule has 0 radical (unpaired) electrons. The van der Waals surface area contributed by atoms with Gasteiger partial charge in [0.05, 0.1) is 25.4 Å². The molecule has 8 nitrogen and oxygen atoms in total. The summed E-state index contributed by atoms with van der Waals surface area (Å²) in [5.41, 5.74) is 0.914. The van der Waals surface area contributed by atoms with E-state index < -0.39 is 0 Å². The normalized spacial score (nSPS) is 19.9. The van der Waals surface area contributed by atoms with E-state index in [1.165, 1.54) is 0 Å². The van der Waals surface area contributed by atoms with Gasteiger partial charge in [0.25, 0.3) is 0 Å². The zero-order chi connectivity index (χ0) is 23.4. The Morgan fingerprint density at radius 1 is 1.27 bits per heavy atom. The summed E-state index contributed by atoms with van der Waals surface area (Å²) < 4.78 is 5.47. The molecule has 3 heterocycles. The van der Waals surface area contributed by atoms with Gasteiger partial charge < -0.3 is 25.6 Å². The molecule has 3 N–H and O–H groups in total. The van der Waals surface area contributed by atoms with Crippen molar-refractivity contribution in [2.75, 3.05) is 37.0 Å². The Morgan fingerprint density at radius 3 is 2.73 bits per heavy atom. The maximum atomic E-state index is 12.4. The number of ether oxygens (including phenoxy) is 1. The van der Waals surface area contributed by atoms with Crippen molar-refractivity contribution in [3.8, 4) is 5.75 Å². The smallest absolute Gasteiger partial charge is 0.237 e. The Kier molecular flexibility index (Phi) is 7.78. The number of anilines is 2. The van der Waals surface area contributed by atoms with Crippen LogP contribution in [-0.2, 0) is 4.79 Å². The van der Waals surface area contributed by atoms with Crippen molar-refractivity contribution in [2.45, 2.75) is 50.7 Å². The summed E-state index contributed by atoms with van der Waals surface area (Å²) in [6.45, 7) is 4.47. The minimum absolute atomic E-state index is 0.0438. The van der Waals surface area contributed by atoms with Crippen LogP contribution >= 0.6 is 23.2 Å². The topological polar surface area (TPSA) is 91.4 Å². The van der Waals surface area contributed by atoms with E-state index in [0.29, 0.717) is 27.6 Å². The van der Waals surface area contributed by atoms with Gasteiger partial charge in [-0.1, -0.05) is 29.3 Å². The summed E-state index contributed by atoms with van der Waals surface area (Å²) >= 11 is 12.4. The summed E-state index contributed by atoms with van der Waals surface area (Å²) in [6.07, 6.45) is 5.37. The van der Waals surface area contributed by atoms with Gasteiger partial charge in [0.2, 0.25) is 11.9 Å². The van der Waals surface area contributed by atoms with Gasteiger partial charge in [-0.2, -0.15) is 4.98 Å². The van der Waals surface area contributed by atoms with Crippen molar-refractivity contribution in [1.29, 1.82) is 0 Å². The molecule has 2 aliphatic rings. The molecule has 33 heavy (non-hydrogen) atoms. The van der Waals surface area contributed by atoms with Crippen molar-refractivity contribution >= 4 is 40.9 Å². The van der Waals surface area contributed by atoms with Crippen LogP contribution in [0.25, 0.3) is 0 Å². The third-order valence-corrected chi connectivity index (χ3v) is 6.81. The number of benzene rings is 1. The van der Waals surface area contributed by atoms with Crippen LogP contribution in [0.3, 0.4) is 0 Å². The Morgan fingerprint density at radius 2 is 2.06 bits per heavy atom. The van der Waals surface area contributed by atoms with Crippen LogP contribution in [0.2, 0.25) is 10.0 Å². The molecule has 1 aromatic carbocycles. The number of aromatic nitrogens is 2. The van der Waals surface area contributed by atoms with Crippen molar-refractivity contribution in [1.82, 2.24) is 20.6 Å². The van der Waals surface area contributed by atoms with Crippen LogP contribution in [-0.4, -0.2) is 54.7 Å². The predicted molar refractivity (Wildman–Crippen MR) is 131 cm³/mol. The van der Waals surface area contributed by atoms with Crippen molar-refractivity contribution in [3.63, 3.8) is 0 Å². The lowest BCUT2D eigenvalue weighted by Gasteiger charge is -2.33. The van der Waals surface area contributed by atoms with E-state index in [1.54, 1.807) is 19.4 Å². The van der Waals surface area contributed by atoms with Crippen LogP contribution in [0.15, 0.2) is 24.4 Å². The zero-order valence-electron chi connectivity index (χ0n) is 18.9. The van der Waals surface area contributed by atoms with Crippen molar-refractivity contribution < 1.29 is 9.53 Å². The number of hydrogen-bond acceptors (Lipinski definition) is 7. The van der Waals surface area contributed by atoms with Gasteiger partial charge in [-0.25, -0.2) is 4.98 Å². The number of rotatable bonds is 7. The number of piperidine rings is 1. The molecule has 2 saturated heterocycles. The minimum Gasteiger partial charge on any atom is -0.491 e. The zero-order valence-corrected chi connectivity index (χ0v) is 20.4. The van der Waals surface area contributed by atoms with Gasteiger partial charge in [-0.05, 0) is 56.8 Å². The lowest BCUT2D eigenvalue weighted by atomic mass is 10.0. The van der Waals surface area contributed by atoms with E-state index in [-0.39, 0.29) is 24.0 Å². The molecule has 178 valence electrons. The fourth-order valence-electron chi connectivity index (χ4n) is 4.34. The molecule has 2 fully saturated rings. The first-order valence-corrected chi connectivity index (χ1v) is 12.1. The average molecular weight is 493 g/mol. The molecule has 0 saturated carbocycles. The first-order chi connectivity index (χ1) is 15.9.